The average molecular weight is 463 g/mol. The van der Waals surface area contributed by atoms with Crippen molar-refractivity contribution in [3.8, 4) is 22.7 Å². The van der Waals surface area contributed by atoms with Crippen LogP contribution in [0.4, 0.5) is 8.78 Å². The molecule has 0 radical (unpaired) electrons. The van der Waals surface area contributed by atoms with Gasteiger partial charge in [0, 0.05) is 17.2 Å². The van der Waals surface area contributed by atoms with E-state index in [1.165, 1.54) is 16.8 Å². The molecule has 0 aliphatic heterocycles. The van der Waals surface area contributed by atoms with Crippen LogP contribution in [0.3, 0.4) is 0 Å². The van der Waals surface area contributed by atoms with E-state index in [0.717, 1.165) is 21.7 Å². The first-order valence-corrected chi connectivity index (χ1v) is 9.84. The summed E-state index contributed by atoms with van der Waals surface area (Å²) in [5.41, 5.74) is 3.45. The number of halogens is 3. The van der Waals surface area contributed by atoms with Gasteiger partial charge in [-0.25, -0.2) is 18.3 Å². The van der Waals surface area contributed by atoms with Crippen molar-refractivity contribution < 1.29 is 23.0 Å². The Kier molecular flexibility index (Phi) is 5.12. The first-order chi connectivity index (χ1) is 13.9. The summed E-state index contributed by atoms with van der Waals surface area (Å²) >= 11 is 3.49. The summed E-state index contributed by atoms with van der Waals surface area (Å²) in [4.78, 5) is 12.5. The second-order valence-electron chi connectivity index (χ2n) is 6.58. The lowest BCUT2D eigenvalue weighted by Gasteiger charge is -2.20. The number of esters is 1. The second kappa shape index (κ2) is 7.59. The number of carbonyl (C=O) groups is 1. The van der Waals surface area contributed by atoms with E-state index in [1.54, 1.807) is 14.0 Å². The van der Waals surface area contributed by atoms with E-state index in [-0.39, 0.29) is 18.0 Å². The van der Waals surface area contributed by atoms with Crippen molar-refractivity contribution in [2.45, 2.75) is 19.8 Å². The zero-order valence-electron chi connectivity index (χ0n) is 15.8. The molecule has 0 unspecified atom stereocenters. The monoisotopic (exact) mass is 462 g/mol. The van der Waals surface area contributed by atoms with Crippen molar-refractivity contribution >= 4 is 21.9 Å². The van der Waals surface area contributed by atoms with Crippen LogP contribution >= 0.6 is 15.9 Å². The topological polar surface area (TPSA) is 53.3 Å². The summed E-state index contributed by atoms with van der Waals surface area (Å²) in [7, 11) is 1.58. The predicted octanol–water partition coefficient (Wildman–Crippen LogP) is 4.86. The quantitative estimate of drug-likeness (QED) is 0.519. The summed E-state index contributed by atoms with van der Waals surface area (Å²) in [6.07, 6.45) is 1.21. The molecule has 3 aromatic rings. The Balaban J connectivity index is 2.00. The van der Waals surface area contributed by atoms with Crippen molar-refractivity contribution in [3.05, 3.63) is 63.3 Å². The van der Waals surface area contributed by atoms with Crippen LogP contribution in [0.5, 0.6) is 5.75 Å². The van der Waals surface area contributed by atoms with Crippen molar-refractivity contribution in [2.24, 2.45) is 0 Å². The standard InChI is InChI=1S/C21H17BrF2N2O3/c1-3-29-21(27)19-15-5-4-11-6-18(28-2)17(22)10-16(11)20(15)26(25-19)14-8-12(23)7-13(24)9-14/h6-10H,3-5H2,1-2H3. The predicted molar refractivity (Wildman–Crippen MR) is 107 cm³/mol. The summed E-state index contributed by atoms with van der Waals surface area (Å²) in [5.74, 6) is -1.33. The Morgan fingerprint density at radius 3 is 2.55 bits per heavy atom. The normalized spacial score (nSPS) is 12.3. The number of hydrogen-bond acceptors (Lipinski definition) is 4. The van der Waals surface area contributed by atoms with Gasteiger partial charge in [0.25, 0.3) is 0 Å². The smallest absolute Gasteiger partial charge is 0.359 e. The van der Waals surface area contributed by atoms with Gasteiger partial charge in [-0.1, -0.05) is 0 Å². The third-order valence-corrected chi connectivity index (χ3v) is 5.44. The minimum Gasteiger partial charge on any atom is -0.496 e. The Bertz CT molecular complexity index is 1110. The third-order valence-electron chi connectivity index (χ3n) is 4.82. The van der Waals surface area contributed by atoms with Gasteiger partial charge in [-0.15, -0.1) is 0 Å². The number of aryl methyl sites for hydroxylation is 1. The number of methoxy groups -OCH3 is 1. The third kappa shape index (κ3) is 3.42. The molecular formula is C21H17BrF2N2O3. The molecule has 0 atom stereocenters. The molecule has 150 valence electrons. The number of rotatable bonds is 4. The Morgan fingerprint density at radius 2 is 1.90 bits per heavy atom. The van der Waals surface area contributed by atoms with Crippen LogP contribution < -0.4 is 4.74 Å². The highest BCUT2D eigenvalue weighted by atomic mass is 79.9. The largest absolute Gasteiger partial charge is 0.496 e. The summed E-state index contributed by atoms with van der Waals surface area (Å²) in [6.45, 7) is 1.91. The Morgan fingerprint density at radius 1 is 1.17 bits per heavy atom. The van der Waals surface area contributed by atoms with Crippen LogP contribution in [0.15, 0.2) is 34.8 Å². The first kappa shape index (κ1) is 19.6. The van der Waals surface area contributed by atoms with E-state index in [0.29, 0.717) is 29.8 Å². The van der Waals surface area contributed by atoms with Crippen LogP contribution in [-0.2, 0) is 17.6 Å². The van der Waals surface area contributed by atoms with Crippen LogP contribution in [-0.4, -0.2) is 29.5 Å². The molecule has 8 heteroatoms. The average Bonchev–Trinajstić information content (AvgIpc) is 3.07. The lowest BCUT2D eigenvalue weighted by Crippen LogP contribution is -2.11. The molecule has 1 aliphatic carbocycles. The summed E-state index contributed by atoms with van der Waals surface area (Å²) in [5, 5.41) is 4.40. The van der Waals surface area contributed by atoms with Crippen molar-refractivity contribution in [2.75, 3.05) is 13.7 Å². The first-order valence-electron chi connectivity index (χ1n) is 9.05. The van der Waals surface area contributed by atoms with E-state index in [9.17, 15) is 13.6 Å². The second-order valence-corrected chi connectivity index (χ2v) is 7.43. The Labute approximate surface area is 174 Å². The molecule has 0 saturated carbocycles. The molecule has 0 fully saturated rings. The van der Waals surface area contributed by atoms with Crippen LogP contribution in [0, 0.1) is 11.6 Å². The molecule has 29 heavy (non-hydrogen) atoms. The molecule has 5 nitrogen and oxygen atoms in total. The lowest BCUT2D eigenvalue weighted by atomic mass is 9.88. The van der Waals surface area contributed by atoms with Crippen molar-refractivity contribution in [1.82, 2.24) is 9.78 Å². The van der Waals surface area contributed by atoms with Gasteiger partial charge >= 0.3 is 5.97 Å². The molecule has 0 bridgehead atoms. The highest BCUT2D eigenvalue weighted by Gasteiger charge is 2.30. The van der Waals surface area contributed by atoms with Gasteiger partial charge in [-0.3, -0.25) is 0 Å². The van der Waals surface area contributed by atoms with Crippen LogP contribution in [0.25, 0.3) is 16.9 Å². The number of fused-ring (bicyclic) bond motifs is 3. The fourth-order valence-electron chi connectivity index (χ4n) is 3.61. The van der Waals surface area contributed by atoms with Gasteiger partial charge in [0.1, 0.15) is 17.4 Å². The van der Waals surface area contributed by atoms with Gasteiger partial charge < -0.3 is 9.47 Å². The molecule has 0 amide bonds. The summed E-state index contributed by atoms with van der Waals surface area (Å²) in [6, 6.07) is 6.93. The van der Waals surface area contributed by atoms with E-state index in [1.807, 2.05) is 12.1 Å². The molecule has 1 aliphatic rings. The Hall–Kier alpha value is -2.74. The van der Waals surface area contributed by atoms with E-state index in [2.05, 4.69) is 21.0 Å². The highest BCUT2D eigenvalue weighted by Crippen LogP contribution is 2.41. The van der Waals surface area contributed by atoms with Crippen LogP contribution in [0.1, 0.15) is 28.5 Å². The number of aromatic nitrogens is 2. The number of ether oxygens (including phenoxy) is 2. The van der Waals surface area contributed by atoms with Crippen LogP contribution in [0.2, 0.25) is 0 Å². The van der Waals surface area contributed by atoms with E-state index < -0.39 is 17.6 Å². The zero-order chi connectivity index (χ0) is 20.7. The fourth-order valence-corrected chi connectivity index (χ4v) is 4.12. The minimum absolute atomic E-state index is 0.157. The number of hydrogen-bond donors (Lipinski definition) is 0. The zero-order valence-corrected chi connectivity index (χ0v) is 17.3. The molecule has 1 aromatic heterocycles. The maximum atomic E-state index is 13.9. The highest BCUT2D eigenvalue weighted by molar-refractivity contribution is 9.10. The molecule has 0 spiro atoms. The molecule has 0 N–H and O–H groups in total. The van der Waals surface area contributed by atoms with E-state index >= 15 is 0 Å². The van der Waals surface area contributed by atoms with Gasteiger partial charge in [-0.05, 0) is 65.5 Å². The SMILES string of the molecule is CCOC(=O)c1nn(-c2cc(F)cc(F)c2)c2c1CCc1cc(OC)c(Br)cc1-2. The van der Waals surface area contributed by atoms with E-state index in [4.69, 9.17) is 9.47 Å². The minimum atomic E-state index is -0.728. The molecular weight excluding hydrogens is 446 g/mol. The van der Waals surface area contributed by atoms with Gasteiger partial charge in [0.15, 0.2) is 5.69 Å². The van der Waals surface area contributed by atoms with Gasteiger partial charge in [0.05, 0.1) is 29.6 Å². The number of nitrogens with zero attached hydrogens (tertiary/aromatic N) is 2. The molecule has 0 saturated heterocycles. The summed E-state index contributed by atoms with van der Waals surface area (Å²) < 4.78 is 40.4. The van der Waals surface area contributed by atoms with Crippen molar-refractivity contribution in [3.63, 3.8) is 0 Å². The molecule has 2 aromatic carbocycles. The number of carbonyl (C=O) groups excluding carboxylic acids is 1. The maximum absolute atomic E-state index is 13.9. The van der Waals surface area contributed by atoms with Crippen molar-refractivity contribution in [1.29, 1.82) is 0 Å². The maximum Gasteiger partial charge on any atom is 0.359 e. The number of benzene rings is 2. The fraction of sp³-hybridized carbons (Fsp3) is 0.238. The lowest BCUT2D eigenvalue weighted by molar-refractivity contribution is 0.0517. The molecule has 4 rings (SSSR count). The van der Waals surface area contributed by atoms with Gasteiger partial charge in [0.2, 0.25) is 0 Å². The molecule has 1 heterocycles. The van der Waals surface area contributed by atoms with Gasteiger partial charge in [-0.2, -0.15) is 5.10 Å².